The number of rotatable bonds is 5. The Morgan fingerprint density at radius 3 is 2.70 bits per heavy atom. The van der Waals surface area contributed by atoms with E-state index in [2.05, 4.69) is 16.8 Å². The molecule has 2 heterocycles. The summed E-state index contributed by atoms with van der Waals surface area (Å²) in [6, 6.07) is 12.5. The Balaban J connectivity index is 0.00000210. The number of benzene rings is 1. The van der Waals surface area contributed by atoms with Crippen LogP contribution in [0.2, 0.25) is 0 Å². The number of hydrogen-bond acceptors (Lipinski definition) is 5. The third kappa shape index (κ3) is 4.69. The first kappa shape index (κ1) is 20.3. The van der Waals surface area contributed by atoms with Crippen LogP contribution in [0.15, 0.2) is 50.4 Å². The predicted octanol–water partition coefficient (Wildman–Crippen LogP) is 5.21. The third-order valence-electron chi connectivity index (χ3n) is 4.87. The van der Waals surface area contributed by atoms with Crippen molar-refractivity contribution >= 4 is 52.4 Å². The van der Waals surface area contributed by atoms with Crippen LogP contribution in [0.4, 0.5) is 0 Å². The third-order valence-corrected chi connectivity index (χ3v) is 7.02. The van der Waals surface area contributed by atoms with Gasteiger partial charge in [-0.1, -0.05) is 24.3 Å². The summed E-state index contributed by atoms with van der Waals surface area (Å²) in [7, 11) is 0. The molecule has 0 atom stereocenters. The Kier molecular flexibility index (Phi) is 6.87. The second-order valence-electron chi connectivity index (χ2n) is 6.71. The lowest BCUT2D eigenvalue weighted by Gasteiger charge is -2.26. The molecule has 0 saturated heterocycles. The molecule has 1 amide bonds. The first-order chi connectivity index (χ1) is 12.7. The molecule has 27 heavy (non-hydrogen) atoms. The van der Waals surface area contributed by atoms with Crippen LogP contribution in [0.25, 0.3) is 11.0 Å². The van der Waals surface area contributed by atoms with Crippen LogP contribution in [-0.4, -0.2) is 18.0 Å². The number of halogens is 1. The molecule has 1 aliphatic carbocycles. The second kappa shape index (κ2) is 9.15. The van der Waals surface area contributed by atoms with Gasteiger partial charge in [0.25, 0.3) is 5.91 Å². The van der Waals surface area contributed by atoms with Gasteiger partial charge in [-0.2, -0.15) is 0 Å². The van der Waals surface area contributed by atoms with Crippen LogP contribution in [-0.2, 0) is 5.75 Å². The fourth-order valence-electron chi connectivity index (χ4n) is 3.43. The van der Waals surface area contributed by atoms with Crippen molar-refractivity contribution in [1.29, 1.82) is 0 Å². The number of carbonyl (C=O) groups excluding carboxylic acids is 1. The maximum Gasteiger partial charge on any atom is 0.287 e. The van der Waals surface area contributed by atoms with Crippen LogP contribution in [0, 0.1) is 0 Å². The van der Waals surface area contributed by atoms with Crippen molar-refractivity contribution in [3.63, 3.8) is 0 Å². The van der Waals surface area contributed by atoms with E-state index in [1.807, 2.05) is 30.3 Å². The van der Waals surface area contributed by atoms with E-state index >= 15 is 0 Å². The van der Waals surface area contributed by atoms with Gasteiger partial charge in [0.1, 0.15) is 5.58 Å². The highest BCUT2D eigenvalue weighted by atomic mass is 35.5. The zero-order valence-electron chi connectivity index (χ0n) is 14.9. The zero-order valence-corrected chi connectivity index (χ0v) is 17.3. The first-order valence-electron chi connectivity index (χ1n) is 8.94. The van der Waals surface area contributed by atoms with Crippen molar-refractivity contribution in [3.8, 4) is 0 Å². The van der Waals surface area contributed by atoms with Crippen LogP contribution in [0.5, 0.6) is 0 Å². The molecule has 0 bridgehead atoms. The Labute approximate surface area is 173 Å². The highest BCUT2D eigenvalue weighted by molar-refractivity contribution is 8.00. The van der Waals surface area contributed by atoms with E-state index in [1.165, 1.54) is 4.21 Å². The summed E-state index contributed by atoms with van der Waals surface area (Å²) in [5.74, 6) is 1.06. The molecule has 1 fully saturated rings. The normalized spacial score (nSPS) is 19.6. The zero-order chi connectivity index (χ0) is 17.9. The number of furan rings is 1. The predicted molar refractivity (Wildman–Crippen MR) is 115 cm³/mol. The second-order valence-corrected chi connectivity index (χ2v) is 8.94. The molecule has 4 rings (SSSR count). The van der Waals surface area contributed by atoms with Crippen molar-refractivity contribution < 1.29 is 9.21 Å². The van der Waals surface area contributed by atoms with E-state index in [0.717, 1.165) is 48.0 Å². The van der Waals surface area contributed by atoms with Gasteiger partial charge in [-0.05, 0) is 43.2 Å². The molecule has 1 saturated carbocycles. The molecule has 0 aliphatic heterocycles. The maximum atomic E-state index is 12.9. The lowest BCUT2D eigenvalue weighted by molar-refractivity contribution is 0.0899. The maximum absolute atomic E-state index is 12.9. The van der Waals surface area contributed by atoms with Gasteiger partial charge in [-0.15, -0.1) is 35.5 Å². The van der Waals surface area contributed by atoms with E-state index < -0.39 is 0 Å². The van der Waals surface area contributed by atoms with Gasteiger partial charge in [0.2, 0.25) is 0 Å². The van der Waals surface area contributed by atoms with Gasteiger partial charge in [0, 0.05) is 28.8 Å². The number of hydrogen-bond donors (Lipinski definition) is 2. The molecule has 4 nitrogen and oxygen atoms in total. The van der Waals surface area contributed by atoms with Gasteiger partial charge in [-0.3, -0.25) is 4.79 Å². The van der Waals surface area contributed by atoms with Crippen molar-refractivity contribution in [2.75, 3.05) is 0 Å². The fourth-order valence-corrected chi connectivity index (χ4v) is 5.24. The van der Waals surface area contributed by atoms with E-state index in [4.69, 9.17) is 10.2 Å². The molecule has 144 valence electrons. The van der Waals surface area contributed by atoms with E-state index in [9.17, 15) is 4.79 Å². The van der Waals surface area contributed by atoms with E-state index in [0.29, 0.717) is 5.76 Å². The lowest BCUT2D eigenvalue weighted by Crippen LogP contribution is -2.40. The van der Waals surface area contributed by atoms with Gasteiger partial charge in [-0.25, -0.2) is 0 Å². The molecule has 0 spiro atoms. The van der Waals surface area contributed by atoms with Crippen LogP contribution >= 0.6 is 35.5 Å². The highest BCUT2D eigenvalue weighted by Gasteiger charge is 2.25. The average Bonchev–Trinajstić information content (AvgIpc) is 3.29. The summed E-state index contributed by atoms with van der Waals surface area (Å²) in [4.78, 5) is 12.9. The van der Waals surface area contributed by atoms with Crippen molar-refractivity contribution in [1.82, 2.24) is 5.32 Å². The summed E-state index contributed by atoms with van der Waals surface area (Å²) >= 11 is 3.45. The standard InChI is InChI=1S/C20H22N2O2S2.ClH/c21-13-7-9-14(10-8-13)22-20(23)19-16(12-26-18-6-3-11-25-18)15-4-1-2-5-17(15)24-19;/h1-6,11,13-14H,7-10,12,21H2,(H,22,23);1H. The average molecular weight is 423 g/mol. The Bertz CT molecular complexity index is 887. The smallest absolute Gasteiger partial charge is 0.287 e. The van der Waals surface area contributed by atoms with Crippen molar-refractivity contribution in [2.24, 2.45) is 5.73 Å². The van der Waals surface area contributed by atoms with Crippen LogP contribution in [0.1, 0.15) is 41.8 Å². The number of thiophene rings is 1. The number of thioether (sulfide) groups is 1. The van der Waals surface area contributed by atoms with Crippen LogP contribution < -0.4 is 11.1 Å². The van der Waals surface area contributed by atoms with Gasteiger partial charge in [0.15, 0.2) is 5.76 Å². The van der Waals surface area contributed by atoms with Gasteiger partial charge < -0.3 is 15.5 Å². The fraction of sp³-hybridized carbons (Fsp3) is 0.350. The number of nitrogens with one attached hydrogen (secondary N) is 1. The molecule has 3 N–H and O–H groups in total. The molecule has 1 aliphatic rings. The van der Waals surface area contributed by atoms with Gasteiger partial charge in [0.05, 0.1) is 4.21 Å². The lowest BCUT2D eigenvalue weighted by atomic mass is 9.92. The molecular weight excluding hydrogens is 400 g/mol. The molecule has 1 aromatic carbocycles. The quantitative estimate of drug-likeness (QED) is 0.554. The van der Waals surface area contributed by atoms with Crippen molar-refractivity contribution in [3.05, 3.63) is 53.1 Å². The summed E-state index contributed by atoms with van der Waals surface area (Å²) in [6.45, 7) is 0. The minimum atomic E-state index is -0.108. The summed E-state index contributed by atoms with van der Waals surface area (Å²) in [5, 5.41) is 6.24. The molecule has 0 unspecified atom stereocenters. The van der Waals surface area contributed by atoms with Crippen LogP contribution in [0.3, 0.4) is 0 Å². The minimum Gasteiger partial charge on any atom is -0.451 e. The monoisotopic (exact) mass is 422 g/mol. The number of amides is 1. The molecule has 2 aromatic heterocycles. The number of nitrogens with two attached hydrogens (primary N) is 1. The number of para-hydroxylation sites is 1. The molecule has 3 aromatic rings. The summed E-state index contributed by atoms with van der Waals surface area (Å²) < 4.78 is 7.19. The Morgan fingerprint density at radius 2 is 1.96 bits per heavy atom. The van der Waals surface area contributed by atoms with Gasteiger partial charge >= 0.3 is 0 Å². The topological polar surface area (TPSA) is 68.3 Å². The number of carbonyl (C=O) groups is 1. The highest BCUT2D eigenvalue weighted by Crippen LogP contribution is 2.34. The SMILES string of the molecule is Cl.NC1CCC(NC(=O)c2oc3ccccc3c2CSc2cccs2)CC1. The minimum absolute atomic E-state index is 0. The molecular formula is C20H23ClN2O2S2. The van der Waals surface area contributed by atoms with E-state index in [-0.39, 0.29) is 30.4 Å². The Morgan fingerprint density at radius 1 is 1.19 bits per heavy atom. The first-order valence-corrected chi connectivity index (χ1v) is 10.8. The number of fused-ring (bicyclic) bond motifs is 1. The molecule has 0 radical (unpaired) electrons. The molecule has 7 heteroatoms. The Hall–Kier alpha value is -1.47. The summed E-state index contributed by atoms with van der Waals surface area (Å²) in [5.41, 5.74) is 7.71. The largest absolute Gasteiger partial charge is 0.451 e. The summed E-state index contributed by atoms with van der Waals surface area (Å²) in [6.07, 6.45) is 3.80. The van der Waals surface area contributed by atoms with Crippen molar-refractivity contribution in [2.45, 2.75) is 47.7 Å². The van der Waals surface area contributed by atoms with E-state index in [1.54, 1.807) is 23.1 Å².